The Bertz CT molecular complexity index is 450. The number of hydrogen-bond donors (Lipinski definition) is 1. The number of pyridine rings is 1. The summed E-state index contributed by atoms with van der Waals surface area (Å²) in [6.07, 6.45) is 6.74. The van der Waals surface area contributed by atoms with E-state index in [4.69, 9.17) is 0 Å². The van der Waals surface area contributed by atoms with Gasteiger partial charge in [-0.25, -0.2) is 0 Å². The van der Waals surface area contributed by atoms with Gasteiger partial charge < -0.3 is 9.88 Å². The van der Waals surface area contributed by atoms with Gasteiger partial charge in [0.15, 0.2) is 0 Å². The van der Waals surface area contributed by atoms with Crippen LogP contribution in [0.1, 0.15) is 52.5 Å². The molecule has 2 rings (SSSR count). The molecule has 1 aromatic heterocycles. The molecule has 3 heteroatoms. The minimum Gasteiger partial charge on any atom is -0.378 e. The zero-order valence-corrected chi connectivity index (χ0v) is 11.6. The van der Waals surface area contributed by atoms with Gasteiger partial charge in [-0.1, -0.05) is 19.8 Å². The molecule has 0 saturated heterocycles. The second kappa shape index (κ2) is 5.59. The molecule has 1 aromatic rings. The quantitative estimate of drug-likeness (QED) is 0.889. The van der Waals surface area contributed by atoms with Crippen LogP contribution < -0.4 is 10.9 Å². The van der Waals surface area contributed by atoms with Gasteiger partial charge in [-0.05, 0) is 44.7 Å². The molecule has 0 radical (unpaired) electrons. The first-order valence-electron chi connectivity index (χ1n) is 7.05. The average molecular weight is 248 g/mol. The number of aromatic nitrogens is 1. The van der Waals surface area contributed by atoms with Gasteiger partial charge in [0.05, 0.1) is 0 Å². The maximum absolute atomic E-state index is 12.4. The van der Waals surface area contributed by atoms with Crippen molar-refractivity contribution in [3.05, 3.63) is 28.7 Å². The molecule has 1 aliphatic rings. The van der Waals surface area contributed by atoms with E-state index < -0.39 is 0 Å². The second-order valence-corrected chi connectivity index (χ2v) is 5.86. The van der Waals surface area contributed by atoms with E-state index in [0.717, 1.165) is 24.4 Å². The van der Waals surface area contributed by atoms with E-state index in [1.54, 1.807) is 0 Å². The third-order valence-corrected chi connectivity index (χ3v) is 3.72. The van der Waals surface area contributed by atoms with E-state index in [1.165, 1.54) is 12.8 Å². The highest BCUT2D eigenvalue weighted by Gasteiger charge is 2.21. The van der Waals surface area contributed by atoms with Gasteiger partial charge in [0.25, 0.3) is 5.56 Å². The van der Waals surface area contributed by atoms with E-state index in [-0.39, 0.29) is 5.56 Å². The van der Waals surface area contributed by atoms with E-state index in [1.807, 2.05) is 22.9 Å². The topological polar surface area (TPSA) is 34.0 Å². The van der Waals surface area contributed by atoms with Crippen LogP contribution in [0.3, 0.4) is 0 Å². The summed E-state index contributed by atoms with van der Waals surface area (Å²) in [6.45, 7) is 6.40. The van der Waals surface area contributed by atoms with Crippen molar-refractivity contribution in [1.82, 2.24) is 4.57 Å². The molecule has 1 fully saturated rings. The summed E-state index contributed by atoms with van der Waals surface area (Å²) < 4.78 is 1.93. The minimum atomic E-state index is 0.130. The van der Waals surface area contributed by atoms with Crippen LogP contribution in [0.25, 0.3) is 0 Å². The fourth-order valence-corrected chi connectivity index (χ4v) is 2.87. The number of nitrogens with zero attached hydrogens (tertiary/aromatic N) is 1. The fraction of sp³-hybridized carbons (Fsp3) is 0.667. The van der Waals surface area contributed by atoms with E-state index in [0.29, 0.717) is 12.1 Å². The van der Waals surface area contributed by atoms with Crippen LogP contribution in [0, 0.1) is 5.92 Å². The molecule has 1 N–H and O–H groups in total. The van der Waals surface area contributed by atoms with Crippen molar-refractivity contribution in [2.75, 3.05) is 5.32 Å². The number of nitrogens with one attached hydrogen (secondary N) is 1. The molecule has 0 spiro atoms. The van der Waals surface area contributed by atoms with E-state index in [9.17, 15) is 4.79 Å². The maximum atomic E-state index is 12.4. The first-order chi connectivity index (χ1) is 8.58. The van der Waals surface area contributed by atoms with Gasteiger partial charge in [0.2, 0.25) is 0 Å². The molecule has 0 amide bonds. The molecule has 18 heavy (non-hydrogen) atoms. The van der Waals surface area contributed by atoms with E-state index in [2.05, 4.69) is 26.1 Å². The third kappa shape index (κ3) is 2.95. The van der Waals surface area contributed by atoms with Crippen LogP contribution in [0.15, 0.2) is 23.1 Å². The lowest BCUT2D eigenvalue weighted by atomic mass is 9.87. The Morgan fingerprint density at radius 3 is 2.83 bits per heavy atom. The molecular weight excluding hydrogens is 224 g/mol. The van der Waals surface area contributed by atoms with Gasteiger partial charge in [0, 0.05) is 18.3 Å². The van der Waals surface area contributed by atoms with Crippen LogP contribution in [0.4, 0.5) is 5.69 Å². The second-order valence-electron chi connectivity index (χ2n) is 5.86. The number of rotatable bonds is 3. The smallest absolute Gasteiger partial charge is 0.274 e. The molecular formula is C15H24N2O. The molecule has 3 nitrogen and oxygen atoms in total. The van der Waals surface area contributed by atoms with Crippen LogP contribution in [-0.4, -0.2) is 10.6 Å². The lowest BCUT2D eigenvalue weighted by Crippen LogP contribution is -2.30. The van der Waals surface area contributed by atoms with Gasteiger partial charge in [-0.2, -0.15) is 0 Å². The summed E-state index contributed by atoms with van der Waals surface area (Å²) >= 11 is 0. The molecule has 0 aliphatic heterocycles. The Kier molecular flexibility index (Phi) is 4.10. The van der Waals surface area contributed by atoms with Crippen LogP contribution in [0.5, 0.6) is 0 Å². The monoisotopic (exact) mass is 248 g/mol. The Morgan fingerprint density at radius 2 is 2.17 bits per heavy atom. The van der Waals surface area contributed by atoms with E-state index >= 15 is 0 Å². The fourth-order valence-electron chi connectivity index (χ4n) is 2.87. The van der Waals surface area contributed by atoms with Crippen molar-refractivity contribution in [3.8, 4) is 0 Å². The molecule has 0 bridgehead atoms. The molecule has 1 aliphatic carbocycles. The zero-order chi connectivity index (χ0) is 13.1. The minimum absolute atomic E-state index is 0.130. The van der Waals surface area contributed by atoms with Crippen molar-refractivity contribution in [3.63, 3.8) is 0 Å². The normalized spacial score (nSPS) is 24.2. The van der Waals surface area contributed by atoms with Gasteiger partial charge in [-0.15, -0.1) is 0 Å². The highest BCUT2D eigenvalue weighted by molar-refractivity contribution is 5.41. The first kappa shape index (κ1) is 13.2. The Morgan fingerprint density at radius 1 is 1.39 bits per heavy atom. The Balaban J connectivity index is 2.25. The first-order valence-corrected chi connectivity index (χ1v) is 7.05. The predicted molar refractivity (Wildman–Crippen MR) is 76.1 cm³/mol. The SMILES string of the molecule is CC(C)Nc1cccn([C@@H]2CCC[C@H](C)C2)c1=O. The molecule has 0 unspecified atom stereocenters. The van der Waals surface area contributed by atoms with Crippen molar-refractivity contribution in [2.24, 2.45) is 5.92 Å². The molecule has 1 saturated carbocycles. The summed E-state index contributed by atoms with van der Waals surface area (Å²) in [6, 6.07) is 4.53. The highest BCUT2D eigenvalue weighted by Crippen LogP contribution is 2.31. The summed E-state index contributed by atoms with van der Waals surface area (Å²) in [5, 5.41) is 3.23. The number of hydrogen-bond acceptors (Lipinski definition) is 2. The largest absolute Gasteiger partial charge is 0.378 e. The van der Waals surface area contributed by atoms with Crippen LogP contribution in [-0.2, 0) is 0 Å². The molecule has 100 valence electrons. The lowest BCUT2D eigenvalue weighted by molar-refractivity contribution is 0.278. The van der Waals surface area contributed by atoms with Crippen LogP contribution >= 0.6 is 0 Å². The Labute approximate surface area is 109 Å². The average Bonchev–Trinajstić information content (AvgIpc) is 2.31. The van der Waals surface area contributed by atoms with Gasteiger partial charge in [-0.3, -0.25) is 4.79 Å². The molecule has 1 heterocycles. The summed E-state index contributed by atoms with van der Waals surface area (Å²) in [5.41, 5.74) is 0.857. The molecule has 2 atom stereocenters. The standard InChI is InChI=1S/C15H24N2O/c1-11(2)16-14-8-5-9-17(15(14)18)13-7-4-6-12(3)10-13/h5,8-9,11-13,16H,4,6-7,10H2,1-3H3/t12-,13+/m0/s1. The third-order valence-electron chi connectivity index (χ3n) is 3.72. The molecule has 0 aromatic carbocycles. The maximum Gasteiger partial charge on any atom is 0.274 e. The summed E-state index contributed by atoms with van der Waals surface area (Å²) in [4.78, 5) is 12.4. The van der Waals surface area contributed by atoms with Crippen molar-refractivity contribution >= 4 is 5.69 Å². The zero-order valence-electron chi connectivity index (χ0n) is 11.6. The van der Waals surface area contributed by atoms with Crippen LogP contribution in [0.2, 0.25) is 0 Å². The predicted octanol–water partition coefficient (Wildman–Crippen LogP) is 3.42. The summed E-state index contributed by atoms with van der Waals surface area (Å²) in [5.74, 6) is 0.734. The van der Waals surface area contributed by atoms with Gasteiger partial charge >= 0.3 is 0 Å². The van der Waals surface area contributed by atoms with Crippen molar-refractivity contribution < 1.29 is 0 Å². The highest BCUT2D eigenvalue weighted by atomic mass is 16.1. The lowest BCUT2D eigenvalue weighted by Gasteiger charge is -2.28. The Hall–Kier alpha value is -1.25. The summed E-state index contributed by atoms with van der Waals surface area (Å²) in [7, 11) is 0. The number of anilines is 1. The van der Waals surface area contributed by atoms with Crippen molar-refractivity contribution in [1.29, 1.82) is 0 Å². The van der Waals surface area contributed by atoms with Gasteiger partial charge in [0.1, 0.15) is 5.69 Å². The van der Waals surface area contributed by atoms with Crippen molar-refractivity contribution in [2.45, 2.75) is 58.5 Å².